The molecular weight excluding hydrogens is 564 g/mol. The molecule has 5 nitrogen and oxygen atoms in total. The minimum Gasteiger partial charge on any atom is -0.478 e. The minimum atomic E-state index is -0.770. The van der Waals surface area contributed by atoms with E-state index in [0.717, 1.165) is 38.4 Å². The van der Waals surface area contributed by atoms with Crippen molar-refractivity contribution in [3.8, 4) is 17.4 Å². The Morgan fingerprint density at radius 3 is 2.14 bits per heavy atom. The summed E-state index contributed by atoms with van der Waals surface area (Å²) in [4.78, 5) is 22.2. The minimum absolute atomic E-state index is 0.0520. The van der Waals surface area contributed by atoms with Gasteiger partial charge in [-0.1, -0.05) is 97.1 Å². The van der Waals surface area contributed by atoms with Gasteiger partial charge in [0.15, 0.2) is 0 Å². The monoisotopic (exact) mass is 592 g/mol. The Kier molecular flexibility index (Phi) is 6.57. The number of para-hydroxylation sites is 4. The van der Waals surface area contributed by atoms with E-state index in [0.29, 0.717) is 18.1 Å². The number of carbonyl (C=O) groups excluding carboxylic acids is 1. The van der Waals surface area contributed by atoms with Gasteiger partial charge in [0.1, 0.15) is 17.0 Å². The van der Waals surface area contributed by atoms with Gasteiger partial charge in [0.05, 0.1) is 11.2 Å². The molecule has 1 amide bonds. The molecule has 1 saturated heterocycles. The van der Waals surface area contributed by atoms with Crippen LogP contribution in [-0.4, -0.2) is 17.0 Å². The number of thioether (sulfide) groups is 1. The van der Waals surface area contributed by atoms with Gasteiger partial charge < -0.3 is 9.47 Å². The summed E-state index contributed by atoms with van der Waals surface area (Å²) in [6.45, 7) is 0. The SMILES string of the molecule is O=C1C(Oc2ccccc2)C2(c3ccccc3)CC(c3cc4ccccc4nc3Oc3ccccc3)Sc3ccccc3N12. The molecule has 6 heteroatoms. The number of ether oxygens (including phenoxy) is 2. The van der Waals surface area contributed by atoms with Gasteiger partial charge in [-0.2, -0.15) is 0 Å². The highest BCUT2D eigenvalue weighted by Crippen LogP contribution is 2.60. The molecule has 3 atom stereocenters. The van der Waals surface area contributed by atoms with E-state index in [4.69, 9.17) is 14.5 Å². The molecule has 0 saturated carbocycles. The van der Waals surface area contributed by atoms with Crippen molar-refractivity contribution in [2.75, 3.05) is 4.90 Å². The molecule has 3 heterocycles. The molecule has 0 N–H and O–H groups in total. The smallest absolute Gasteiger partial charge is 0.271 e. The maximum absolute atomic E-state index is 14.2. The predicted octanol–water partition coefficient (Wildman–Crippen LogP) is 8.95. The number of hydrogen-bond donors (Lipinski definition) is 0. The molecule has 2 aliphatic rings. The maximum atomic E-state index is 14.2. The van der Waals surface area contributed by atoms with E-state index in [1.54, 1.807) is 11.8 Å². The fourth-order valence-electron chi connectivity index (χ4n) is 6.43. The summed E-state index contributed by atoms with van der Waals surface area (Å²) in [6, 6.07) is 48.2. The van der Waals surface area contributed by atoms with Crippen molar-refractivity contribution in [2.24, 2.45) is 0 Å². The van der Waals surface area contributed by atoms with Crippen molar-refractivity contribution >= 4 is 34.3 Å². The molecule has 0 radical (unpaired) electrons. The summed E-state index contributed by atoms with van der Waals surface area (Å²) >= 11 is 1.75. The number of benzene rings is 5. The molecule has 1 fully saturated rings. The number of pyridine rings is 1. The van der Waals surface area contributed by atoms with Crippen molar-refractivity contribution in [1.29, 1.82) is 0 Å². The summed E-state index contributed by atoms with van der Waals surface area (Å²) in [5, 5.41) is 0.917. The molecule has 8 rings (SSSR count). The number of rotatable bonds is 6. The fourth-order valence-corrected chi connectivity index (χ4v) is 7.81. The van der Waals surface area contributed by atoms with E-state index >= 15 is 0 Å². The first-order valence-electron chi connectivity index (χ1n) is 14.7. The van der Waals surface area contributed by atoms with Crippen LogP contribution < -0.4 is 14.4 Å². The normalized spacial score (nSPS) is 20.6. The number of aromatic nitrogens is 1. The van der Waals surface area contributed by atoms with Crippen LogP contribution in [0.3, 0.4) is 0 Å². The van der Waals surface area contributed by atoms with Crippen LogP contribution in [0.1, 0.15) is 22.8 Å². The van der Waals surface area contributed by atoms with Gasteiger partial charge >= 0.3 is 0 Å². The van der Waals surface area contributed by atoms with Gasteiger partial charge in [0.25, 0.3) is 5.91 Å². The molecule has 1 aromatic heterocycles. The van der Waals surface area contributed by atoms with Crippen molar-refractivity contribution in [3.05, 3.63) is 157 Å². The Hall–Kier alpha value is -5.07. The van der Waals surface area contributed by atoms with E-state index < -0.39 is 11.6 Å². The summed E-state index contributed by atoms with van der Waals surface area (Å²) < 4.78 is 13.1. The number of hydrogen-bond acceptors (Lipinski definition) is 5. The lowest BCUT2D eigenvalue weighted by molar-refractivity contribution is -0.142. The maximum Gasteiger partial charge on any atom is 0.271 e. The fraction of sp³-hybridized carbons (Fsp3) is 0.105. The Morgan fingerprint density at radius 2 is 1.36 bits per heavy atom. The Morgan fingerprint density at radius 1 is 0.727 bits per heavy atom. The number of nitrogens with zero attached hydrogens (tertiary/aromatic N) is 2. The zero-order valence-electron chi connectivity index (χ0n) is 23.7. The van der Waals surface area contributed by atoms with E-state index in [9.17, 15) is 4.79 Å². The average Bonchev–Trinajstić information content (AvgIpc) is 3.21. The zero-order valence-corrected chi connectivity index (χ0v) is 24.6. The van der Waals surface area contributed by atoms with Gasteiger partial charge in [-0.05, 0) is 60.5 Å². The third-order valence-corrected chi connectivity index (χ3v) is 9.75. The molecule has 3 unspecified atom stereocenters. The second kappa shape index (κ2) is 10.9. The molecule has 0 aliphatic carbocycles. The Balaban J connectivity index is 1.33. The second-order valence-electron chi connectivity index (χ2n) is 11.0. The topological polar surface area (TPSA) is 51.7 Å². The first-order chi connectivity index (χ1) is 21.7. The molecule has 2 aliphatic heterocycles. The zero-order chi connectivity index (χ0) is 29.5. The van der Waals surface area contributed by atoms with E-state index in [2.05, 4.69) is 30.3 Å². The van der Waals surface area contributed by atoms with Gasteiger partial charge in [0, 0.05) is 21.1 Å². The highest BCUT2D eigenvalue weighted by Gasteiger charge is 2.65. The average molecular weight is 593 g/mol. The number of anilines is 1. The van der Waals surface area contributed by atoms with Crippen LogP contribution in [-0.2, 0) is 10.3 Å². The standard InChI is InChI=1S/C38H28N2O3S/c41-37-35(42-28-17-6-2-7-18-28)38(27-15-4-1-5-16-27)25-34(44-33-23-13-12-22-32(33)40(37)38)30-24-26-14-10-11-21-31(26)39-36(30)43-29-19-8-3-9-20-29/h1-24,34-35H,25H2. The van der Waals surface area contributed by atoms with Crippen LogP contribution in [0, 0.1) is 0 Å². The van der Waals surface area contributed by atoms with Crippen LogP contribution in [0.4, 0.5) is 5.69 Å². The highest BCUT2D eigenvalue weighted by molar-refractivity contribution is 7.99. The molecule has 5 aromatic carbocycles. The number of fused-ring (bicyclic) bond motifs is 4. The Labute approximate surface area is 260 Å². The third kappa shape index (κ3) is 4.41. The van der Waals surface area contributed by atoms with Crippen molar-refractivity contribution in [2.45, 2.75) is 28.2 Å². The first-order valence-corrected chi connectivity index (χ1v) is 15.6. The van der Waals surface area contributed by atoms with E-state index in [1.807, 2.05) is 120 Å². The molecule has 0 spiro atoms. The van der Waals surface area contributed by atoms with Crippen LogP contribution >= 0.6 is 11.8 Å². The van der Waals surface area contributed by atoms with Crippen LogP contribution in [0.25, 0.3) is 10.9 Å². The number of carbonyl (C=O) groups is 1. The predicted molar refractivity (Wildman–Crippen MR) is 174 cm³/mol. The lowest BCUT2D eigenvalue weighted by Gasteiger charge is -2.57. The quantitative estimate of drug-likeness (QED) is 0.181. The van der Waals surface area contributed by atoms with Gasteiger partial charge in [-0.25, -0.2) is 4.98 Å². The number of amides is 1. The summed E-state index contributed by atoms with van der Waals surface area (Å²) in [7, 11) is 0. The van der Waals surface area contributed by atoms with Gasteiger partial charge in [0.2, 0.25) is 12.0 Å². The lowest BCUT2D eigenvalue weighted by atomic mass is 9.70. The van der Waals surface area contributed by atoms with Crippen LogP contribution in [0.5, 0.6) is 17.4 Å². The van der Waals surface area contributed by atoms with Gasteiger partial charge in [-0.3, -0.25) is 9.69 Å². The van der Waals surface area contributed by atoms with E-state index in [-0.39, 0.29) is 11.2 Å². The molecular formula is C38H28N2O3S. The number of β-lactam (4-membered cyclic amide) rings is 1. The molecule has 0 bridgehead atoms. The van der Waals surface area contributed by atoms with Crippen LogP contribution in [0.2, 0.25) is 0 Å². The molecule has 214 valence electrons. The Bertz CT molecular complexity index is 1970. The lowest BCUT2D eigenvalue weighted by Crippen LogP contribution is -2.74. The third-order valence-electron chi connectivity index (χ3n) is 8.44. The summed E-state index contributed by atoms with van der Waals surface area (Å²) in [5.74, 6) is 1.90. The second-order valence-corrected chi connectivity index (χ2v) is 12.3. The van der Waals surface area contributed by atoms with E-state index in [1.165, 1.54) is 0 Å². The van der Waals surface area contributed by atoms with Crippen molar-refractivity contribution < 1.29 is 14.3 Å². The van der Waals surface area contributed by atoms with Crippen molar-refractivity contribution in [3.63, 3.8) is 0 Å². The van der Waals surface area contributed by atoms with Crippen LogP contribution in [0.15, 0.2) is 150 Å². The molecule has 6 aromatic rings. The van der Waals surface area contributed by atoms with Gasteiger partial charge in [-0.15, -0.1) is 11.8 Å². The first kappa shape index (κ1) is 26.5. The highest BCUT2D eigenvalue weighted by atomic mass is 32.2. The molecule has 44 heavy (non-hydrogen) atoms. The summed E-state index contributed by atoms with van der Waals surface area (Å²) in [5.41, 5.74) is 2.99. The largest absolute Gasteiger partial charge is 0.478 e. The van der Waals surface area contributed by atoms with Crippen molar-refractivity contribution in [1.82, 2.24) is 4.98 Å². The summed E-state index contributed by atoms with van der Waals surface area (Å²) in [6.07, 6.45) is -0.126.